The van der Waals surface area contributed by atoms with Crippen molar-refractivity contribution in [1.82, 2.24) is 0 Å². The van der Waals surface area contributed by atoms with Gasteiger partial charge in [-0.25, -0.2) is 0 Å². The highest BCUT2D eigenvalue weighted by Gasteiger charge is 2.11. The molecular formula is C22H23N3O2. The SMILES string of the molecule is OCCN(CCO)c1ccc(N=Nc2ccccc2)c(-c2ccccc2)c1. The number of anilines is 1. The summed E-state index contributed by atoms with van der Waals surface area (Å²) in [7, 11) is 0. The first-order chi connectivity index (χ1) is 13.3. The van der Waals surface area contributed by atoms with E-state index in [2.05, 4.69) is 10.2 Å². The van der Waals surface area contributed by atoms with Crippen LogP contribution < -0.4 is 4.90 Å². The maximum Gasteiger partial charge on any atom is 0.0936 e. The van der Waals surface area contributed by atoms with Crippen LogP contribution in [0.5, 0.6) is 0 Å². The fraction of sp³-hybridized carbons (Fsp3) is 0.182. The average molecular weight is 361 g/mol. The second-order valence-corrected chi connectivity index (χ2v) is 6.04. The van der Waals surface area contributed by atoms with Crippen molar-refractivity contribution in [3.8, 4) is 11.1 Å². The zero-order valence-corrected chi connectivity index (χ0v) is 15.1. The van der Waals surface area contributed by atoms with Crippen LogP contribution in [-0.4, -0.2) is 36.5 Å². The maximum absolute atomic E-state index is 9.32. The summed E-state index contributed by atoms with van der Waals surface area (Å²) in [5, 5.41) is 27.4. The standard InChI is InChI=1S/C22H23N3O2/c26-15-13-25(14-16-27)20-11-12-22(24-23-19-9-5-2-6-10-19)21(17-20)18-7-3-1-4-8-18/h1-12,17,26-27H,13-16H2. The topological polar surface area (TPSA) is 68.4 Å². The Hall–Kier alpha value is -3.02. The highest BCUT2D eigenvalue weighted by molar-refractivity contribution is 5.79. The molecule has 0 atom stereocenters. The first-order valence-corrected chi connectivity index (χ1v) is 8.95. The Morgan fingerprint density at radius 1 is 0.704 bits per heavy atom. The van der Waals surface area contributed by atoms with E-state index < -0.39 is 0 Å². The molecular weight excluding hydrogens is 338 g/mol. The van der Waals surface area contributed by atoms with Crippen LogP contribution in [-0.2, 0) is 0 Å². The quantitative estimate of drug-likeness (QED) is 0.578. The average Bonchev–Trinajstić information content (AvgIpc) is 2.73. The van der Waals surface area contributed by atoms with Crippen LogP contribution in [0.4, 0.5) is 17.1 Å². The van der Waals surface area contributed by atoms with Gasteiger partial charge in [0.25, 0.3) is 0 Å². The van der Waals surface area contributed by atoms with Crippen molar-refractivity contribution < 1.29 is 10.2 Å². The van der Waals surface area contributed by atoms with Gasteiger partial charge < -0.3 is 15.1 Å². The van der Waals surface area contributed by atoms with Gasteiger partial charge in [0, 0.05) is 24.3 Å². The molecule has 0 spiro atoms. The summed E-state index contributed by atoms with van der Waals surface area (Å²) in [6.07, 6.45) is 0. The second-order valence-electron chi connectivity index (χ2n) is 6.04. The van der Waals surface area contributed by atoms with Crippen LogP contribution in [0.2, 0.25) is 0 Å². The van der Waals surface area contributed by atoms with Crippen molar-refractivity contribution in [3.63, 3.8) is 0 Å². The molecule has 27 heavy (non-hydrogen) atoms. The van der Waals surface area contributed by atoms with Crippen molar-refractivity contribution in [2.45, 2.75) is 0 Å². The van der Waals surface area contributed by atoms with Gasteiger partial charge in [0.2, 0.25) is 0 Å². The summed E-state index contributed by atoms with van der Waals surface area (Å²) in [5.41, 5.74) is 4.48. The molecule has 5 heteroatoms. The highest BCUT2D eigenvalue weighted by atomic mass is 16.3. The number of rotatable bonds is 8. The van der Waals surface area contributed by atoms with E-state index >= 15 is 0 Å². The molecule has 138 valence electrons. The molecule has 3 aromatic rings. The number of nitrogens with zero attached hydrogens (tertiary/aromatic N) is 3. The molecule has 0 radical (unpaired) electrons. The summed E-state index contributed by atoms with van der Waals surface area (Å²) in [6, 6.07) is 25.5. The molecule has 0 aliphatic heterocycles. The first-order valence-electron chi connectivity index (χ1n) is 8.95. The van der Waals surface area contributed by atoms with Gasteiger partial charge in [0.05, 0.1) is 24.6 Å². The van der Waals surface area contributed by atoms with Gasteiger partial charge in [-0.3, -0.25) is 0 Å². The number of hydrogen-bond donors (Lipinski definition) is 2. The lowest BCUT2D eigenvalue weighted by Gasteiger charge is -2.24. The molecule has 0 aliphatic rings. The van der Waals surface area contributed by atoms with Crippen molar-refractivity contribution >= 4 is 17.1 Å². The Morgan fingerprint density at radius 2 is 1.33 bits per heavy atom. The molecule has 3 aromatic carbocycles. The molecule has 5 nitrogen and oxygen atoms in total. The van der Waals surface area contributed by atoms with Crippen molar-refractivity contribution in [3.05, 3.63) is 78.9 Å². The monoisotopic (exact) mass is 361 g/mol. The molecule has 0 aromatic heterocycles. The van der Waals surface area contributed by atoms with Gasteiger partial charge in [-0.15, -0.1) is 5.11 Å². The molecule has 0 aliphatic carbocycles. The third-order valence-electron chi connectivity index (χ3n) is 4.20. The fourth-order valence-corrected chi connectivity index (χ4v) is 2.87. The van der Waals surface area contributed by atoms with Gasteiger partial charge in [-0.1, -0.05) is 48.5 Å². The maximum atomic E-state index is 9.32. The number of hydrogen-bond acceptors (Lipinski definition) is 5. The molecule has 0 amide bonds. The first kappa shape index (κ1) is 18.8. The minimum Gasteiger partial charge on any atom is -0.395 e. The van der Waals surface area contributed by atoms with Gasteiger partial charge in [0.15, 0.2) is 0 Å². The number of aliphatic hydroxyl groups excluding tert-OH is 2. The van der Waals surface area contributed by atoms with E-state index in [0.29, 0.717) is 13.1 Å². The van der Waals surface area contributed by atoms with E-state index in [0.717, 1.165) is 28.2 Å². The van der Waals surface area contributed by atoms with Crippen LogP contribution in [0.25, 0.3) is 11.1 Å². The van der Waals surface area contributed by atoms with Crippen LogP contribution in [0.15, 0.2) is 89.1 Å². The molecule has 2 N–H and O–H groups in total. The zero-order chi connectivity index (χ0) is 18.9. The highest BCUT2D eigenvalue weighted by Crippen LogP contribution is 2.35. The summed E-state index contributed by atoms with van der Waals surface area (Å²) in [6.45, 7) is 0.964. The molecule has 0 saturated heterocycles. The molecule has 0 heterocycles. The van der Waals surface area contributed by atoms with E-state index in [-0.39, 0.29) is 13.2 Å². The number of benzene rings is 3. The molecule has 0 unspecified atom stereocenters. The largest absolute Gasteiger partial charge is 0.395 e. The molecule has 0 fully saturated rings. The second kappa shape index (κ2) is 9.62. The summed E-state index contributed by atoms with van der Waals surface area (Å²) >= 11 is 0. The number of azo groups is 1. The van der Waals surface area contributed by atoms with Crippen LogP contribution >= 0.6 is 0 Å². The van der Waals surface area contributed by atoms with Gasteiger partial charge >= 0.3 is 0 Å². The van der Waals surface area contributed by atoms with E-state index in [1.807, 2.05) is 83.8 Å². The molecule has 0 saturated carbocycles. The third-order valence-corrected chi connectivity index (χ3v) is 4.20. The van der Waals surface area contributed by atoms with Crippen LogP contribution in [0, 0.1) is 0 Å². The lowest BCUT2D eigenvalue weighted by Crippen LogP contribution is -2.29. The van der Waals surface area contributed by atoms with Crippen LogP contribution in [0.3, 0.4) is 0 Å². The predicted octanol–water partition coefficient (Wildman–Crippen LogP) is 4.56. The Bertz CT molecular complexity index is 861. The minimum atomic E-state index is 0.0239. The van der Waals surface area contributed by atoms with Crippen molar-refractivity contribution in [2.24, 2.45) is 10.2 Å². The Morgan fingerprint density at radius 3 is 1.96 bits per heavy atom. The normalized spacial score (nSPS) is 11.0. The smallest absolute Gasteiger partial charge is 0.0936 e. The fourth-order valence-electron chi connectivity index (χ4n) is 2.87. The Kier molecular flexibility index (Phi) is 6.68. The summed E-state index contributed by atoms with van der Waals surface area (Å²) in [4.78, 5) is 1.95. The van der Waals surface area contributed by atoms with Gasteiger partial charge in [-0.05, 0) is 35.9 Å². The third kappa shape index (κ3) is 5.00. The van der Waals surface area contributed by atoms with E-state index in [1.54, 1.807) is 0 Å². The van der Waals surface area contributed by atoms with Crippen molar-refractivity contribution in [2.75, 3.05) is 31.2 Å². The summed E-state index contributed by atoms with van der Waals surface area (Å²) in [5.74, 6) is 0. The van der Waals surface area contributed by atoms with E-state index in [9.17, 15) is 10.2 Å². The molecule has 3 rings (SSSR count). The Labute approximate surface area is 159 Å². The van der Waals surface area contributed by atoms with Gasteiger partial charge in [-0.2, -0.15) is 5.11 Å². The lowest BCUT2D eigenvalue weighted by molar-refractivity contribution is 0.281. The zero-order valence-electron chi connectivity index (χ0n) is 15.1. The number of aliphatic hydroxyl groups is 2. The van der Waals surface area contributed by atoms with Gasteiger partial charge in [0.1, 0.15) is 0 Å². The Balaban J connectivity index is 2.01. The summed E-state index contributed by atoms with van der Waals surface area (Å²) < 4.78 is 0. The molecule has 0 bridgehead atoms. The van der Waals surface area contributed by atoms with Crippen LogP contribution in [0.1, 0.15) is 0 Å². The minimum absolute atomic E-state index is 0.0239. The predicted molar refractivity (Wildman–Crippen MR) is 109 cm³/mol. The van der Waals surface area contributed by atoms with Crippen molar-refractivity contribution in [1.29, 1.82) is 0 Å². The van der Waals surface area contributed by atoms with E-state index in [1.165, 1.54) is 0 Å². The van der Waals surface area contributed by atoms with E-state index in [4.69, 9.17) is 0 Å². The lowest BCUT2D eigenvalue weighted by atomic mass is 10.0.